The molecule has 6 heteroatoms. The van der Waals surface area contributed by atoms with Crippen LogP contribution >= 0.6 is 15.9 Å². The van der Waals surface area contributed by atoms with E-state index in [9.17, 15) is 8.42 Å². The quantitative estimate of drug-likeness (QED) is 0.921. The highest BCUT2D eigenvalue weighted by atomic mass is 79.9. The molecule has 2 aromatic carbocycles. The van der Waals surface area contributed by atoms with E-state index in [1.807, 2.05) is 19.1 Å². The molecule has 0 radical (unpaired) electrons. The van der Waals surface area contributed by atoms with E-state index in [4.69, 9.17) is 5.26 Å². The second-order valence-electron chi connectivity index (χ2n) is 4.23. The highest BCUT2D eigenvalue weighted by Crippen LogP contribution is 2.26. The van der Waals surface area contributed by atoms with Crippen LogP contribution < -0.4 is 4.72 Å². The van der Waals surface area contributed by atoms with Crippen molar-refractivity contribution in [1.29, 1.82) is 5.26 Å². The molecule has 0 bridgehead atoms. The summed E-state index contributed by atoms with van der Waals surface area (Å²) >= 11 is 3.25. The van der Waals surface area contributed by atoms with Crippen LogP contribution in [0.4, 0.5) is 5.69 Å². The molecule has 0 heterocycles. The number of halogens is 1. The lowest BCUT2D eigenvalue weighted by Gasteiger charge is -2.10. The Labute approximate surface area is 126 Å². The Kier molecular flexibility index (Phi) is 4.12. The zero-order chi connectivity index (χ0) is 14.8. The second kappa shape index (κ2) is 5.65. The van der Waals surface area contributed by atoms with Crippen LogP contribution in [0.25, 0.3) is 0 Å². The van der Waals surface area contributed by atoms with Crippen LogP contribution in [0.2, 0.25) is 0 Å². The molecule has 0 saturated carbocycles. The Hall–Kier alpha value is -1.84. The predicted molar refractivity (Wildman–Crippen MR) is 80.8 cm³/mol. The first-order chi connectivity index (χ1) is 9.42. The van der Waals surface area contributed by atoms with Gasteiger partial charge in [0.25, 0.3) is 10.0 Å². The summed E-state index contributed by atoms with van der Waals surface area (Å²) < 4.78 is 27.5. The van der Waals surface area contributed by atoms with Crippen molar-refractivity contribution in [2.75, 3.05) is 4.72 Å². The maximum Gasteiger partial charge on any atom is 0.261 e. The largest absolute Gasteiger partial charge is 0.278 e. The lowest BCUT2D eigenvalue weighted by atomic mass is 10.2. The molecule has 0 spiro atoms. The van der Waals surface area contributed by atoms with Gasteiger partial charge in [0, 0.05) is 4.47 Å². The summed E-state index contributed by atoms with van der Waals surface area (Å²) in [6.07, 6.45) is 0. The number of nitrogens with zero attached hydrogens (tertiary/aromatic N) is 1. The van der Waals surface area contributed by atoms with Crippen molar-refractivity contribution in [2.45, 2.75) is 11.8 Å². The Morgan fingerprint density at radius 2 is 1.95 bits per heavy atom. The van der Waals surface area contributed by atoms with E-state index in [2.05, 4.69) is 20.7 Å². The number of sulfonamides is 1. The maximum absolute atomic E-state index is 12.3. The van der Waals surface area contributed by atoms with Gasteiger partial charge in [0.1, 0.15) is 0 Å². The Bertz CT molecular complexity index is 795. The van der Waals surface area contributed by atoms with Gasteiger partial charge in [0.15, 0.2) is 0 Å². The first kappa shape index (κ1) is 14.6. The smallest absolute Gasteiger partial charge is 0.261 e. The maximum atomic E-state index is 12.3. The number of hydrogen-bond donors (Lipinski definition) is 1. The van der Waals surface area contributed by atoms with E-state index >= 15 is 0 Å². The van der Waals surface area contributed by atoms with E-state index in [0.717, 1.165) is 5.56 Å². The van der Waals surface area contributed by atoms with Crippen molar-refractivity contribution in [1.82, 2.24) is 0 Å². The molecule has 20 heavy (non-hydrogen) atoms. The molecule has 0 atom stereocenters. The van der Waals surface area contributed by atoms with Gasteiger partial charge in [-0.25, -0.2) is 8.42 Å². The van der Waals surface area contributed by atoms with Gasteiger partial charge in [0.05, 0.1) is 22.2 Å². The fraction of sp³-hybridized carbons (Fsp3) is 0.0714. The van der Waals surface area contributed by atoms with Crippen LogP contribution in [0.3, 0.4) is 0 Å². The Morgan fingerprint density at radius 1 is 1.20 bits per heavy atom. The standard InChI is InChI=1S/C14H11BrN2O2S/c1-10-3-2-4-12(7-10)20(18,19)17-14-6-5-11(9-16)8-13(14)15/h2-8,17H,1H3. The second-order valence-corrected chi connectivity index (χ2v) is 6.77. The van der Waals surface area contributed by atoms with Crippen LogP contribution in [0.15, 0.2) is 51.8 Å². The number of rotatable bonds is 3. The van der Waals surface area contributed by atoms with Crippen LogP contribution in [0.1, 0.15) is 11.1 Å². The molecule has 0 fully saturated rings. The van der Waals surface area contributed by atoms with E-state index in [0.29, 0.717) is 15.7 Å². The molecule has 4 nitrogen and oxygen atoms in total. The number of anilines is 1. The molecular formula is C14H11BrN2O2S. The summed E-state index contributed by atoms with van der Waals surface area (Å²) in [6, 6.07) is 13.3. The molecule has 1 N–H and O–H groups in total. The Balaban J connectivity index is 2.36. The topological polar surface area (TPSA) is 70.0 Å². The molecule has 2 aromatic rings. The molecule has 0 amide bonds. The molecule has 102 valence electrons. The van der Waals surface area contributed by atoms with E-state index in [-0.39, 0.29) is 4.90 Å². The normalized spacial score (nSPS) is 10.8. The van der Waals surface area contributed by atoms with E-state index < -0.39 is 10.0 Å². The number of hydrogen-bond acceptors (Lipinski definition) is 3. The molecule has 0 aromatic heterocycles. The summed E-state index contributed by atoms with van der Waals surface area (Å²) in [4.78, 5) is 0.203. The number of benzene rings is 2. The van der Waals surface area contributed by atoms with Gasteiger partial charge in [-0.2, -0.15) is 5.26 Å². The summed E-state index contributed by atoms with van der Waals surface area (Å²) in [7, 11) is -3.64. The first-order valence-electron chi connectivity index (χ1n) is 5.71. The van der Waals surface area contributed by atoms with Crippen molar-refractivity contribution in [2.24, 2.45) is 0 Å². The Morgan fingerprint density at radius 3 is 2.55 bits per heavy atom. The third-order valence-electron chi connectivity index (χ3n) is 2.64. The average molecular weight is 351 g/mol. The summed E-state index contributed by atoms with van der Waals surface area (Å²) in [6.45, 7) is 1.83. The van der Waals surface area contributed by atoms with Crippen LogP contribution in [0, 0.1) is 18.3 Å². The number of nitrogens with one attached hydrogen (secondary N) is 1. The molecule has 0 unspecified atom stereocenters. The SMILES string of the molecule is Cc1cccc(S(=O)(=O)Nc2ccc(C#N)cc2Br)c1. The van der Waals surface area contributed by atoms with Gasteiger partial charge in [-0.15, -0.1) is 0 Å². The van der Waals surface area contributed by atoms with E-state index in [1.165, 1.54) is 6.07 Å². The minimum Gasteiger partial charge on any atom is -0.278 e. The highest BCUT2D eigenvalue weighted by molar-refractivity contribution is 9.10. The molecule has 0 aliphatic heterocycles. The average Bonchev–Trinajstić information content (AvgIpc) is 2.41. The van der Waals surface area contributed by atoms with Gasteiger partial charge in [-0.3, -0.25) is 4.72 Å². The van der Waals surface area contributed by atoms with Crippen molar-refractivity contribution in [3.63, 3.8) is 0 Å². The summed E-state index contributed by atoms with van der Waals surface area (Å²) in [5.74, 6) is 0. The van der Waals surface area contributed by atoms with Crippen molar-refractivity contribution < 1.29 is 8.42 Å². The van der Waals surface area contributed by atoms with Gasteiger partial charge in [-0.05, 0) is 58.7 Å². The van der Waals surface area contributed by atoms with Gasteiger partial charge in [0.2, 0.25) is 0 Å². The zero-order valence-corrected chi connectivity index (χ0v) is 13.0. The monoisotopic (exact) mass is 350 g/mol. The minimum atomic E-state index is -3.64. The fourth-order valence-electron chi connectivity index (χ4n) is 1.65. The first-order valence-corrected chi connectivity index (χ1v) is 7.99. The molecule has 0 aliphatic carbocycles. The van der Waals surface area contributed by atoms with Crippen molar-refractivity contribution in [3.05, 3.63) is 58.1 Å². The summed E-state index contributed by atoms with van der Waals surface area (Å²) in [5.41, 5.74) is 1.72. The van der Waals surface area contributed by atoms with Crippen molar-refractivity contribution in [3.8, 4) is 6.07 Å². The number of nitriles is 1. The predicted octanol–water partition coefficient (Wildman–Crippen LogP) is 3.43. The highest BCUT2D eigenvalue weighted by Gasteiger charge is 2.15. The van der Waals surface area contributed by atoms with Gasteiger partial charge >= 0.3 is 0 Å². The number of aryl methyl sites for hydroxylation is 1. The molecule has 0 aliphatic rings. The van der Waals surface area contributed by atoms with E-state index in [1.54, 1.807) is 30.3 Å². The third kappa shape index (κ3) is 3.18. The minimum absolute atomic E-state index is 0.203. The molecular weight excluding hydrogens is 340 g/mol. The lowest BCUT2D eigenvalue weighted by Crippen LogP contribution is -2.13. The summed E-state index contributed by atoms with van der Waals surface area (Å²) in [5, 5.41) is 8.78. The van der Waals surface area contributed by atoms with Crippen LogP contribution in [0.5, 0.6) is 0 Å². The van der Waals surface area contributed by atoms with Crippen LogP contribution in [-0.4, -0.2) is 8.42 Å². The van der Waals surface area contributed by atoms with Crippen molar-refractivity contribution >= 4 is 31.6 Å². The zero-order valence-electron chi connectivity index (χ0n) is 10.6. The lowest BCUT2D eigenvalue weighted by molar-refractivity contribution is 0.601. The van der Waals surface area contributed by atoms with Crippen LogP contribution in [-0.2, 0) is 10.0 Å². The fourth-order valence-corrected chi connectivity index (χ4v) is 3.45. The molecule has 2 rings (SSSR count). The molecule has 0 saturated heterocycles. The third-order valence-corrected chi connectivity index (χ3v) is 4.66. The van der Waals surface area contributed by atoms with Gasteiger partial charge < -0.3 is 0 Å². The van der Waals surface area contributed by atoms with Gasteiger partial charge in [-0.1, -0.05) is 12.1 Å².